The number of rotatable bonds is 2. The summed E-state index contributed by atoms with van der Waals surface area (Å²) in [4.78, 5) is 11.3. The van der Waals surface area contributed by atoms with Gasteiger partial charge in [-0.3, -0.25) is 0 Å². The van der Waals surface area contributed by atoms with Crippen LogP contribution in [-0.4, -0.2) is 11.7 Å². The number of halogens is 3. The Morgan fingerprint density at radius 2 is 2.05 bits per heavy atom. The van der Waals surface area contributed by atoms with Crippen molar-refractivity contribution in [1.82, 2.24) is 5.32 Å². The van der Waals surface area contributed by atoms with E-state index in [2.05, 4.69) is 10.6 Å². The average Bonchev–Trinajstić information content (AvgIpc) is 2.36. The minimum Gasteiger partial charge on any atom is -0.423 e. The lowest BCUT2D eigenvalue weighted by molar-refractivity contribution is -0.136. The summed E-state index contributed by atoms with van der Waals surface area (Å²) in [6.45, 7) is 2.45. The van der Waals surface area contributed by atoms with Gasteiger partial charge in [0.15, 0.2) is 5.11 Å². The van der Waals surface area contributed by atoms with Crippen molar-refractivity contribution in [3.63, 3.8) is 0 Å². The standard InChI is InChI=1S/C13H11F3N2O2S/c1-2-17-12(21)18-7-3-4-8-9(13(14,15)16)6-11(19)20-10(8)5-7/h3-6H,2H2,1H3,(H2,17,18,21). The van der Waals surface area contributed by atoms with Crippen LogP contribution in [0.3, 0.4) is 0 Å². The minimum absolute atomic E-state index is 0.154. The molecule has 0 unspecified atom stereocenters. The first-order chi connectivity index (χ1) is 9.81. The van der Waals surface area contributed by atoms with Crippen LogP contribution in [0, 0.1) is 0 Å². The molecule has 0 saturated carbocycles. The molecule has 1 heterocycles. The van der Waals surface area contributed by atoms with E-state index in [0.717, 1.165) is 0 Å². The van der Waals surface area contributed by atoms with Crippen LogP contribution in [0.2, 0.25) is 0 Å². The van der Waals surface area contributed by atoms with Crippen molar-refractivity contribution in [2.75, 3.05) is 11.9 Å². The maximum absolute atomic E-state index is 12.9. The van der Waals surface area contributed by atoms with E-state index in [1.807, 2.05) is 6.92 Å². The Hall–Kier alpha value is -2.09. The fourth-order valence-corrected chi connectivity index (χ4v) is 2.07. The topological polar surface area (TPSA) is 54.3 Å². The van der Waals surface area contributed by atoms with Crippen molar-refractivity contribution in [3.05, 3.63) is 40.2 Å². The van der Waals surface area contributed by atoms with E-state index in [1.165, 1.54) is 18.2 Å². The number of benzene rings is 1. The smallest absolute Gasteiger partial charge is 0.417 e. The fourth-order valence-electron chi connectivity index (χ4n) is 1.81. The fraction of sp³-hybridized carbons (Fsp3) is 0.231. The van der Waals surface area contributed by atoms with E-state index < -0.39 is 17.4 Å². The lowest BCUT2D eigenvalue weighted by atomic mass is 10.1. The lowest BCUT2D eigenvalue weighted by Crippen LogP contribution is -2.27. The Morgan fingerprint density at radius 3 is 2.67 bits per heavy atom. The normalized spacial score (nSPS) is 11.4. The molecular formula is C13H11F3N2O2S. The molecule has 0 aliphatic rings. The molecule has 2 N–H and O–H groups in total. The van der Waals surface area contributed by atoms with Gasteiger partial charge in [0.25, 0.3) is 0 Å². The second kappa shape index (κ2) is 5.72. The van der Waals surface area contributed by atoms with Crippen LogP contribution >= 0.6 is 12.2 Å². The van der Waals surface area contributed by atoms with Gasteiger partial charge in [-0.15, -0.1) is 0 Å². The van der Waals surface area contributed by atoms with Gasteiger partial charge in [-0.1, -0.05) is 0 Å². The Bertz CT molecular complexity index is 740. The van der Waals surface area contributed by atoms with Gasteiger partial charge in [0.1, 0.15) is 5.58 Å². The van der Waals surface area contributed by atoms with E-state index >= 15 is 0 Å². The van der Waals surface area contributed by atoms with Crippen molar-refractivity contribution in [3.8, 4) is 0 Å². The number of alkyl halides is 3. The van der Waals surface area contributed by atoms with Gasteiger partial charge >= 0.3 is 11.8 Å². The van der Waals surface area contributed by atoms with Crippen LogP contribution in [0.4, 0.5) is 18.9 Å². The molecule has 2 aromatic rings. The van der Waals surface area contributed by atoms with E-state index in [0.29, 0.717) is 23.4 Å². The molecule has 1 aromatic carbocycles. The van der Waals surface area contributed by atoms with Crippen LogP contribution in [0.15, 0.2) is 33.5 Å². The summed E-state index contributed by atoms with van der Waals surface area (Å²) < 4.78 is 43.5. The molecule has 0 amide bonds. The molecule has 0 saturated heterocycles. The predicted molar refractivity (Wildman–Crippen MR) is 77.4 cm³/mol. The third-order valence-electron chi connectivity index (χ3n) is 2.65. The van der Waals surface area contributed by atoms with Crippen LogP contribution in [0.1, 0.15) is 12.5 Å². The minimum atomic E-state index is -4.62. The first kappa shape index (κ1) is 15.3. The van der Waals surface area contributed by atoms with Crippen molar-refractivity contribution >= 4 is 34.0 Å². The number of hydrogen-bond donors (Lipinski definition) is 2. The Balaban J connectivity index is 2.49. The molecule has 8 heteroatoms. The molecule has 0 bridgehead atoms. The van der Waals surface area contributed by atoms with E-state index in [4.69, 9.17) is 16.6 Å². The quantitative estimate of drug-likeness (QED) is 0.658. The van der Waals surface area contributed by atoms with Crippen LogP contribution in [-0.2, 0) is 6.18 Å². The maximum Gasteiger partial charge on any atom is 0.417 e. The summed E-state index contributed by atoms with van der Waals surface area (Å²) in [7, 11) is 0. The van der Waals surface area contributed by atoms with Crippen molar-refractivity contribution < 1.29 is 17.6 Å². The molecule has 0 atom stereocenters. The van der Waals surface area contributed by atoms with Gasteiger partial charge in [0.05, 0.1) is 5.56 Å². The van der Waals surface area contributed by atoms with E-state index in [9.17, 15) is 18.0 Å². The first-order valence-electron chi connectivity index (χ1n) is 6.01. The summed E-state index contributed by atoms with van der Waals surface area (Å²) in [5, 5.41) is 5.77. The number of anilines is 1. The van der Waals surface area contributed by atoms with E-state index in [-0.39, 0.29) is 11.0 Å². The number of fused-ring (bicyclic) bond motifs is 1. The van der Waals surface area contributed by atoms with Crippen LogP contribution < -0.4 is 16.3 Å². The summed E-state index contributed by atoms with van der Waals surface area (Å²) in [5.74, 6) is 0. The van der Waals surface area contributed by atoms with Crippen LogP contribution in [0.5, 0.6) is 0 Å². The molecule has 0 aliphatic carbocycles. The maximum atomic E-state index is 12.9. The third kappa shape index (κ3) is 3.52. The molecule has 0 fully saturated rings. The Kier molecular flexibility index (Phi) is 4.17. The molecule has 21 heavy (non-hydrogen) atoms. The highest BCUT2D eigenvalue weighted by molar-refractivity contribution is 7.80. The number of nitrogens with one attached hydrogen (secondary N) is 2. The second-order valence-electron chi connectivity index (χ2n) is 4.17. The predicted octanol–water partition coefficient (Wildman–Crippen LogP) is 3.12. The van der Waals surface area contributed by atoms with Crippen molar-refractivity contribution in [2.24, 2.45) is 0 Å². The molecule has 4 nitrogen and oxygen atoms in total. The van der Waals surface area contributed by atoms with Gasteiger partial charge in [0, 0.05) is 29.8 Å². The average molecular weight is 316 g/mol. The Morgan fingerprint density at radius 1 is 1.33 bits per heavy atom. The summed E-state index contributed by atoms with van der Waals surface area (Å²) in [5.41, 5.74) is -1.80. The molecule has 0 spiro atoms. The number of hydrogen-bond acceptors (Lipinski definition) is 3. The zero-order valence-corrected chi connectivity index (χ0v) is 11.7. The lowest BCUT2D eigenvalue weighted by Gasteiger charge is -2.11. The summed E-state index contributed by atoms with van der Waals surface area (Å²) in [6.07, 6.45) is -4.62. The SMILES string of the molecule is CCNC(=S)Nc1ccc2c(C(F)(F)F)cc(=O)oc2c1. The van der Waals surface area contributed by atoms with Crippen molar-refractivity contribution in [2.45, 2.75) is 13.1 Å². The zero-order chi connectivity index (χ0) is 15.6. The highest BCUT2D eigenvalue weighted by Crippen LogP contribution is 2.34. The summed E-state index contributed by atoms with van der Waals surface area (Å²) in [6, 6.07) is 4.41. The highest BCUT2D eigenvalue weighted by Gasteiger charge is 2.33. The second-order valence-corrected chi connectivity index (χ2v) is 4.58. The molecule has 2 rings (SSSR count). The van der Waals surface area contributed by atoms with Crippen molar-refractivity contribution in [1.29, 1.82) is 0 Å². The molecule has 112 valence electrons. The van der Waals surface area contributed by atoms with Gasteiger partial charge in [-0.25, -0.2) is 4.79 Å². The molecule has 0 radical (unpaired) electrons. The number of thiocarbonyl (C=S) groups is 1. The van der Waals surface area contributed by atoms with Gasteiger partial charge in [-0.05, 0) is 31.3 Å². The third-order valence-corrected chi connectivity index (χ3v) is 2.89. The van der Waals surface area contributed by atoms with E-state index in [1.54, 1.807) is 0 Å². The monoisotopic (exact) mass is 316 g/mol. The molecule has 0 aliphatic heterocycles. The summed E-state index contributed by atoms with van der Waals surface area (Å²) >= 11 is 4.97. The van der Waals surface area contributed by atoms with Gasteiger partial charge < -0.3 is 15.1 Å². The molecular weight excluding hydrogens is 305 g/mol. The van der Waals surface area contributed by atoms with Crippen LogP contribution in [0.25, 0.3) is 11.0 Å². The van der Waals surface area contributed by atoms with Gasteiger partial charge in [0.2, 0.25) is 0 Å². The largest absolute Gasteiger partial charge is 0.423 e. The molecule has 1 aromatic heterocycles. The van der Waals surface area contributed by atoms with Gasteiger partial charge in [-0.2, -0.15) is 13.2 Å². The highest BCUT2D eigenvalue weighted by atomic mass is 32.1. The zero-order valence-electron chi connectivity index (χ0n) is 10.9. The Labute approximate surface area is 122 Å². The first-order valence-corrected chi connectivity index (χ1v) is 6.42.